The summed E-state index contributed by atoms with van der Waals surface area (Å²) in [5, 5.41) is 11.1. The lowest BCUT2D eigenvalue weighted by Gasteiger charge is -2.11. The molecule has 9 heteroatoms. The van der Waals surface area contributed by atoms with Crippen LogP contribution in [0, 0.1) is 24.0 Å². The van der Waals surface area contributed by atoms with Gasteiger partial charge in [-0.1, -0.05) is 15.9 Å². The Morgan fingerprint density at radius 1 is 1.38 bits per heavy atom. The topological polar surface area (TPSA) is 116 Å². The molecule has 8 nitrogen and oxygen atoms in total. The molecule has 0 unspecified atom stereocenters. The molecule has 2 rings (SSSR count). The van der Waals surface area contributed by atoms with Gasteiger partial charge in [-0.25, -0.2) is 10.8 Å². The third kappa shape index (κ3) is 3.26. The van der Waals surface area contributed by atoms with Gasteiger partial charge in [-0.05, 0) is 26.0 Å². The van der Waals surface area contributed by atoms with Gasteiger partial charge in [0, 0.05) is 10.5 Å². The second-order valence-corrected chi connectivity index (χ2v) is 5.08. The largest absolute Gasteiger partial charge is 0.431 e. The Bertz CT molecular complexity index is 708. The Kier molecular flexibility index (Phi) is 4.34. The van der Waals surface area contributed by atoms with Crippen LogP contribution in [0.5, 0.6) is 11.6 Å². The number of nitrogens with one attached hydrogen (secondary N) is 1. The van der Waals surface area contributed by atoms with E-state index in [0.29, 0.717) is 21.7 Å². The second kappa shape index (κ2) is 6.02. The first-order chi connectivity index (χ1) is 9.92. The summed E-state index contributed by atoms with van der Waals surface area (Å²) in [6.07, 6.45) is 0. The minimum absolute atomic E-state index is 0.0902. The Labute approximate surface area is 128 Å². The number of hydrogen-bond acceptors (Lipinski definition) is 7. The number of nitrogens with zero attached hydrogens (tertiary/aromatic N) is 3. The Morgan fingerprint density at radius 2 is 2.10 bits per heavy atom. The lowest BCUT2D eigenvalue weighted by molar-refractivity contribution is -0.385. The summed E-state index contributed by atoms with van der Waals surface area (Å²) in [7, 11) is 0. The van der Waals surface area contributed by atoms with Crippen LogP contribution in [0.15, 0.2) is 22.7 Å². The highest BCUT2D eigenvalue weighted by molar-refractivity contribution is 9.10. The van der Waals surface area contributed by atoms with Gasteiger partial charge in [0.15, 0.2) is 0 Å². The van der Waals surface area contributed by atoms with Gasteiger partial charge >= 0.3 is 5.69 Å². The number of halogens is 1. The van der Waals surface area contributed by atoms with Crippen molar-refractivity contribution in [1.82, 2.24) is 9.97 Å². The molecule has 0 saturated heterocycles. The third-order valence-corrected chi connectivity index (χ3v) is 3.17. The maximum absolute atomic E-state index is 11.1. The summed E-state index contributed by atoms with van der Waals surface area (Å²) in [5.74, 6) is 6.50. The average molecular weight is 354 g/mol. The predicted octanol–water partition coefficient (Wildman–Crippen LogP) is 2.84. The second-order valence-electron chi connectivity index (χ2n) is 4.17. The van der Waals surface area contributed by atoms with Gasteiger partial charge in [-0.3, -0.25) is 10.1 Å². The van der Waals surface area contributed by atoms with Crippen LogP contribution in [0.3, 0.4) is 0 Å². The van der Waals surface area contributed by atoms with E-state index in [1.54, 1.807) is 19.9 Å². The highest BCUT2D eigenvalue weighted by Crippen LogP contribution is 2.35. The summed E-state index contributed by atoms with van der Waals surface area (Å²) >= 11 is 3.19. The summed E-state index contributed by atoms with van der Waals surface area (Å²) in [6.45, 7) is 3.37. The molecule has 0 aliphatic heterocycles. The zero-order valence-electron chi connectivity index (χ0n) is 11.3. The molecule has 0 saturated carbocycles. The summed E-state index contributed by atoms with van der Waals surface area (Å²) in [4.78, 5) is 18.8. The van der Waals surface area contributed by atoms with Crippen molar-refractivity contribution in [3.63, 3.8) is 0 Å². The molecule has 3 N–H and O–H groups in total. The van der Waals surface area contributed by atoms with Crippen molar-refractivity contribution in [2.24, 2.45) is 5.84 Å². The molecule has 1 heterocycles. The maximum Gasteiger partial charge on any atom is 0.312 e. The predicted molar refractivity (Wildman–Crippen MR) is 80.2 cm³/mol. The van der Waals surface area contributed by atoms with E-state index in [0.717, 1.165) is 0 Å². The van der Waals surface area contributed by atoms with Crippen LogP contribution < -0.4 is 16.0 Å². The number of rotatable bonds is 4. The number of anilines is 1. The Balaban J connectivity index is 2.48. The molecule has 110 valence electrons. The number of hydrogen-bond donors (Lipinski definition) is 2. The SMILES string of the molecule is Cc1nc(NN)c(C)c(Oc2ccc(Br)cc2[N+](=O)[O-])n1. The van der Waals surface area contributed by atoms with Crippen LogP contribution in [0.4, 0.5) is 11.5 Å². The van der Waals surface area contributed by atoms with Crippen molar-refractivity contribution >= 4 is 27.4 Å². The highest BCUT2D eigenvalue weighted by atomic mass is 79.9. The first-order valence-electron chi connectivity index (χ1n) is 5.86. The maximum atomic E-state index is 11.1. The first kappa shape index (κ1) is 15.1. The standard InChI is InChI=1S/C12H12BrN5O3/c1-6-11(17-14)15-7(2)16-12(6)21-10-4-3-8(13)5-9(10)18(19)20/h3-5H,14H2,1-2H3,(H,15,16,17). The molecule has 0 spiro atoms. The normalized spacial score (nSPS) is 10.3. The van der Waals surface area contributed by atoms with E-state index in [2.05, 4.69) is 31.3 Å². The van der Waals surface area contributed by atoms with Gasteiger partial charge < -0.3 is 10.2 Å². The first-order valence-corrected chi connectivity index (χ1v) is 6.65. The third-order valence-electron chi connectivity index (χ3n) is 2.67. The number of nitrogens with two attached hydrogens (primary N) is 1. The van der Waals surface area contributed by atoms with Gasteiger partial charge in [-0.2, -0.15) is 4.98 Å². The molecule has 0 amide bonds. The van der Waals surface area contributed by atoms with Crippen LogP contribution in [0.1, 0.15) is 11.4 Å². The molecule has 2 aromatic rings. The monoisotopic (exact) mass is 353 g/mol. The molecule has 0 aliphatic rings. The van der Waals surface area contributed by atoms with Crippen LogP contribution in [-0.2, 0) is 0 Å². The summed E-state index contributed by atoms with van der Waals surface area (Å²) in [6, 6.07) is 4.50. The van der Waals surface area contributed by atoms with E-state index >= 15 is 0 Å². The minimum atomic E-state index is -0.522. The van der Waals surface area contributed by atoms with Crippen LogP contribution >= 0.6 is 15.9 Å². The number of ether oxygens (including phenoxy) is 1. The Hall–Kier alpha value is -2.26. The zero-order chi connectivity index (χ0) is 15.6. The quantitative estimate of drug-likeness (QED) is 0.493. The average Bonchev–Trinajstić information content (AvgIpc) is 2.44. The van der Waals surface area contributed by atoms with Gasteiger partial charge in [0.1, 0.15) is 11.6 Å². The molecule has 0 aliphatic carbocycles. The number of aromatic nitrogens is 2. The van der Waals surface area contributed by atoms with Crippen molar-refractivity contribution in [1.29, 1.82) is 0 Å². The van der Waals surface area contributed by atoms with Crippen LogP contribution in [0.25, 0.3) is 0 Å². The van der Waals surface area contributed by atoms with E-state index in [1.165, 1.54) is 12.1 Å². The fourth-order valence-electron chi connectivity index (χ4n) is 1.67. The van der Waals surface area contributed by atoms with Crippen molar-refractivity contribution in [3.05, 3.63) is 44.2 Å². The number of nitrogen functional groups attached to an aromatic ring is 1. The molecule has 0 bridgehead atoms. The molecule has 0 fully saturated rings. The fraction of sp³-hybridized carbons (Fsp3) is 0.167. The number of hydrazine groups is 1. The van der Waals surface area contributed by atoms with Gasteiger partial charge in [0.05, 0.1) is 10.5 Å². The number of benzene rings is 1. The van der Waals surface area contributed by atoms with Gasteiger partial charge in [0.25, 0.3) is 0 Å². The summed E-state index contributed by atoms with van der Waals surface area (Å²) in [5.41, 5.74) is 2.83. The van der Waals surface area contributed by atoms with E-state index in [9.17, 15) is 10.1 Å². The van der Waals surface area contributed by atoms with E-state index in [4.69, 9.17) is 10.6 Å². The summed E-state index contributed by atoms with van der Waals surface area (Å²) < 4.78 is 6.16. The van der Waals surface area contributed by atoms with Crippen LogP contribution in [0.2, 0.25) is 0 Å². The van der Waals surface area contributed by atoms with Gasteiger partial charge in [0.2, 0.25) is 11.6 Å². The number of nitro groups is 1. The van der Waals surface area contributed by atoms with Crippen molar-refractivity contribution in [2.75, 3.05) is 5.43 Å². The van der Waals surface area contributed by atoms with E-state index < -0.39 is 4.92 Å². The molecule has 1 aromatic carbocycles. The van der Waals surface area contributed by atoms with Crippen LogP contribution in [-0.4, -0.2) is 14.9 Å². The highest BCUT2D eigenvalue weighted by Gasteiger charge is 2.19. The molecule has 0 radical (unpaired) electrons. The molecular weight excluding hydrogens is 342 g/mol. The van der Waals surface area contributed by atoms with Crippen molar-refractivity contribution in [3.8, 4) is 11.6 Å². The van der Waals surface area contributed by atoms with E-state index in [-0.39, 0.29) is 17.3 Å². The van der Waals surface area contributed by atoms with Crippen molar-refractivity contribution < 1.29 is 9.66 Å². The lowest BCUT2D eigenvalue weighted by atomic mass is 10.3. The van der Waals surface area contributed by atoms with E-state index in [1.807, 2.05) is 0 Å². The number of aryl methyl sites for hydroxylation is 1. The fourth-order valence-corrected chi connectivity index (χ4v) is 2.02. The molecule has 0 atom stereocenters. The zero-order valence-corrected chi connectivity index (χ0v) is 12.8. The smallest absolute Gasteiger partial charge is 0.312 e. The number of nitro benzene ring substituents is 1. The molecular formula is C12H12BrN5O3. The Morgan fingerprint density at radius 3 is 2.71 bits per heavy atom. The molecule has 1 aromatic heterocycles. The lowest BCUT2D eigenvalue weighted by Crippen LogP contribution is -2.12. The van der Waals surface area contributed by atoms with Crippen molar-refractivity contribution in [2.45, 2.75) is 13.8 Å². The minimum Gasteiger partial charge on any atom is -0.431 e. The van der Waals surface area contributed by atoms with Gasteiger partial charge in [-0.15, -0.1) is 0 Å². The molecule has 21 heavy (non-hydrogen) atoms.